The summed E-state index contributed by atoms with van der Waals surface area (Å²) in [4.78, 5) is 87.0. The number of phenols is 1. The van der Waals surface area contributed by atoms with Crippen molar-refractivity contribution >= 4 is 46.3 Å². The molecule has 24 nitrogen and oxygen atoms in total. The minimum absolute atomic E-state index is 0.0128. The summed E-state index contributed by atoms with van der Waals surface area (Å²) in [6, 6.07) is 17.3. The zero-order valence-electron chi connectivity index (χ0n) is 40.0. The van der Waals surface area contributed by atoms with Gasteiger partial charge >= 0.3 is 0 Å². The highest BCUT2D eigenvalue weighted by Gasteiger charge is 2.51. The largest absolute Gasteiger partial charge is 0.508 e. The molecule has 0 radical (unpaired) electrons. The van der Waals surface area contributed by atoms with E-state index in [0.717, 1.165) is 16.5 Å². The molecule has 0 unspecified atom stereocenters. The molecule has 0 saturated carbocycles. The number of rotatable bonds is 21. The van der Waals surface area contributed by atoms with Gasteiger partial charge in [-0.3, -0.25) is 28.8 Å². The number of carbonyl (C=O) groups is 6. The molecule has 3 aromatic carbocycles. The summed E-state index contributed by atoms with van der Waals surface area (Å²) in [6.45, 7) is -1.54. The van der Waals surface area contributed by atoms with E-state index in [4.69, 9.17) is 19.9 Å². The molecule has 3 aliphatic heterocycles. The van der Waals surface area contributed by atoms with E-state index >= 15 is 0 Å². The Morgan fingerprint density at radius 1 is 0.703 bits per heavy atom. The van der Waals surface area contributed by atoms with Gasteiger partial charge in [-0.25, -0.2) is 0 Å². The maximum atomic E-state index is 14.6. The second-order valence-corrected chi connectivity index (χ2v) is 18.6. The van der Waals surface area contributed by atoms with Crippen LogP contribution in [0.3, 0.4) is 0 Å². The van der Waals surface area contributed by atoms with Gasteiger partial charge in [0.1, 0.15) is 78.7 Å². The van der Waals surface area contributed by atoms with E-state index in [2.05, 4.69) is 26.3 Å². The molecule has 400 valence electrons. The molecule has 6 amide bonds. The number of fused-ring (bicyclic) bond motifs is 1. The molecule has 0 aliphatic carbocycles. The molecule has 4 heterocycles. The van der Waals surface area contributed by atoms with E-state index in [1.54, 1.807) is 36.5 Å². The fraction of sp³-hybridized carbons (Fsp3) is 0.480. The number of carbonyl (C=O) groups excluding carboxylic acids is 6. The summed E-state index contributed by atoms with van der Waals surface area (Å²) in [6.07, 6.45) is -16.0. The Balaban J connectivity index is 1.01. The Morgan fingerprint density at radius 3 is 2.07 bits per heavy atom. The van der Waals surface area contributed by atoms with Crippen LogP contribution in [0.1, 0.15) is 42.4 Å². The fourth-order valence-corrected chi connectivity index (χ4v) is 9.35. The number of aromatic nitrogens is 1. The molecule has 7 rings (SSSR count). The van der Waals surface area contributed by atoms with Gasteiger partial charge in [-0.1, -0.05) is 60.7 Å². The number of nitrogens with one attached hydrogen (secondary N) is 5. The van der Waals surface area contributed by atoms with Crippen LogP contribution in [-0.4, -0.2) is 191 Å². The lowest BCUT2D eigenvalue weighted by atomic mass is 9.96. The number of aliphatic hydroxyl groups is 7. The lowest BCUT2D eigenvalue weighted by molar-refractivity contribution is -0.343. The van der Waals surface area contributed by atoms with Gasteiger partial charge in [0.2, 0.25) is 35.4 Å². The number of nitrogens with two attached hydrogens (primary N) is 1. The number of para-hydroxylation sites is 1. The molecular formula is C50H63N7O17. The van der Waals surface area contributed by atoms with Crippen LogP contribution in [0, 0.1) is 0 Å². The number of hydrogen-bond donors (Lipinski definition) is 14. The Hall–Kier alpha value is -6.58. The summed E-state index contributed by atoms with van der Waals surface area (Å²) in [5.41, 5.74) is 8.47. The van der Waals surface area contributed by atoms with Crippen molar-refractivity contribution in [2.75, 3.05) is 19.8 Å². The molecule has 3 fully saturated rings. The summed E-state index contributed by atoms with van der Waals surface area (Å²) < 4.78 is 16.5. The quantitative estimate of drug-likeness (QED) is 0.0383. The maximum absolute atomic E-state index is 14.6. The van der Waals surface area contributed by atoms with Crippen LogP contribution in [0.4, 0.5) is 0 Å². The average Bonchev–Trinajstić information content (AvgIpc) is 4.06. The van der Waals surface area contributed by atoms with Crippen molar-refractivity contribution in [3.05, 3.63) is 102 Å². The first-order chi connectivity index (χ1) is 35.5. The van der Waals surface area contributed by atoms with E-state index in [1.165, 1.54) is 29.2 Å². The zero-order valence-corrected chi connectivity index (χ0v) is 40.0. The number of likely N-dealkylation sites (tertiary alicyclic amines) is 1. The number of aromatic amines is 1. The molecule has 14 atom stereocenters. The van der Waals surface area contributed by atoms with Crippen LogP contribution in [0.25, 0.3) is 10.9 Å². The van der Waals surface area contributed by atoms with Crippen molar-refractivity contribution in [2.24, 2.45) is 5.73 Å². The van der Waals surface area contributed by atoms with Crippen LogP contribution in [0.15, 0.2) is 85.1 Å². The predicted molar refractivity (Wildman–Crippen MR) is 257 cm³/mol. The smallest absolute Gasteiger partial charge is 0.246 e. The highest BCUT2D eigenvalue weighted by molar-refractivity contribution is 5.96. The normalized spacial score (nSPS) is 27.1. The van der Waals surface area contributed by atoms with Crippen LogP contribution in [0.2, 0.25) is 0 Å². The first-order valence-corrected chi connectivity index (χ1v) is 24.2. The summed E-state index contributed by atoms with van der Waals surface area (Å²) >= 11 is 0. The fourth-order valence-electron chi connectivity index (χ4n) is 9.35. The minimum Gasteiger partial charge on any atom is -0.508 e. The number of ether oxygens (including phenoxy) is 3. The number of phenolic OH excluding ortho intramolecular Hbond substituents is 1. The number of H-pyrrole nitrogens is 1. The SMILES string of the molecule is NC(=O)[C@H](Cc1ccccc1)NC(=O)[C@H](Cc1c[nH]c2ccccc12)NC(=O)[C@@H]1CCCN1C(=O)[C@H](Cc1ccc(O)cc1)NC(=O)CCC(=O)N[C@H]1O[C@@H](CO)[C@H](O[C@H]2O[C@@H](CO)[C@@H](O)[C@@H](O)[C@@H]2O)[C@@H](O)[C@@H]1O. The van der Waals surface area contributed by atoms with Crippen LogP contribution >= 0.6 is 0 Å². The van der Waals surface area contributed by atoms with E-state index < -0.39 is 147 Å². The van der Waals surface area contributed by atoms with E-state index in [0.29, 0.717) is 17.5 Å². The van der Waals surface area contributed by atoms with Crippen molar-refractivity contribution in [3.63, 3.8) is 0 Å². The van der Waals surface area contributed by atoms with Gasteiger partial charge in [0.25, 0.3) is 0 Å². The van der Waals surface area contributed by atoms with Crippen molar-refractivity contribution in [3.8, 4) is 5.75 Å². The Kier molecular flexibility index (Phi) is 18.7. The van der Waals surface area contributed by atoms with Crippen LogP contribution < -0.4 is 27.0 Å². The minimum atomic E-state index is -1.92. The van der Waals surface area contributed by atoms with Gasteiger partial charge in [-0.15, -0.1) is 0 Å². The summed E-state index contributed by atoms with van der Waals surface area (Å²) in [7, 11) is 0. The van der Waals surface area contributed by atoms with Crippen molar-refractivity contribution in [1.29, 1.82) is 0 Å². The number of aliphatic hydroxyl groups excluding tert-OH is 7. The average molecular weight is 1030 g/mol. The van der Waals surface area contributed by atoms with Gasteiger partial charge in [-0.05, 0) is 47.7 Å². The number of nitrogens with zero attached hydrogens (tertiary/aromatic N) is 1. The third-order valence-electron chi connectivity index (χ3n) is 13.4. The third-order valence-corrected chi connectivity index (χ3v) is 13.4. The number of primary amides is 1. The second kappa shape index (κ2) is 25.1. The zero-order chi connectivity index (χ0) is 53.2. The number of hydrogen-bond acceptors (Lipinski definition) is 17. The maximum Gasteiger partial charge on any atom is 0.246 e. The number of aromatic hydroxyl groups is 1. The second-order valence-electron chi connectivity index (χ2n) is 18.6. The van der Waals surface area contributed by atoms with Crippen LogP contribution in [0.5, 0.6) is 5.75 Å². The molecule has 1 aromatic heterocycles. The Morgan fingerprint density at radius 2 is 1.36 bits per heavy atom. The standard InChI is InChI=1S/C50H63N7O17/c51-45(68)31(19-25-7-2-1-3-8-25)54-46(69)32(21-27-22-52-30-10-5-4-9-29(27)30)55-47(70)34-11-6-18-57(34)49(71)33(20-26-12-14-28(60)15-13-26)53-37(61)16-17-38(62)56-48-42(66)41(65)44(36(24-59)72-48)74-50-43(67)40(64)39(63)35(23-58)73-50/h1-5,7-10,12-15,22,31-36,39-44,48,50,52,58-60,63-67H,6,11,16-21,23-24H2,(H2,51,68)(H,53,61)(H,54,69)(H,55,70)(H,56,62)/t31-,32-,33-,34-,35-,36-,39+,40+,41-,42-,43-,44-,48-,50+/m0/s1. The third kappa shape index (κ3) is 13.4. The van der Waals surface area contributed by atoms with Crippen LogP contribution in [-0.2, 0) is 62.2 Å². The molecule has 24 heteroatoms. The van der Waals surface area contributed by atoms with Gasteiger partial charge in [0.15, 0.2) is 12.5 Å². The lowest BCUT2D eigenvalue weighted by Gasteiger charge is -2.46. The number of amides is 6. The van der Waals surface area contributed by atoms with Crippen molar-refractivity contribution in [1.82, 2.24) is 31.2 Å². The summed E-state index contributed by atoms with van der Waals surface area (Å²) in [5.74, 6) is -4.52. The first-order valence-electron chi connectivity index (χ1n) is 24.2. The molecule has 3 aliphatic rings. The molecule has 0 bridgehead atoms. The topological polar surface area (TPSA) is 385 Å². The molecule has 4 aromatic rings. The highest BCUT2D eigenvalue weighted by Crippen LogP contribution is 2.29. The Bertz CT molecular complexity index is 2570. The number of benzene rings is 3. The molecule has 74 heavy (non-hydrogen) atoms. The van der Waals surface area contributed by atoms with Gasteiger partial charge in [0, 0.05) is 55.7 Å². The van der Waals surface area contributed by atoms with Gasteiger partial charge in [-0.2, -0.15) is 0 Å². The lowest BCUT2D eigenvalue weighted by Crippen LogP contribution is -2.66. The van der Waals surface area contributed by atoms with E-state index in [9.17, 15) is 69.6 Å². The highest BCUT2D eigenvalue weighted by atomic mass is 16.7. The summed E-state index contributed by atoms with van der Waals surface area (Å²) in [5, 5.41) is 93.5. The monoisotopic (exact) mass is 1030 g/mol. The molecule has 15 N–H and O–H groups in total. The molecular weight excluding hydrogens is 971 g/mol. The van der Waals surface area contributed by atoms with Crippen molar-refractivity contribution in [2.45, 2.75) is 130 Å². The molecule has 3 saturated heterocycles. The predicted octanol–water partition coefficient (Wildman–Crippen LogP) is -3.65. The van der Waals surface area contributed by atoms with Crippen molar-refractivity contribution < 1.29 is 83.8 Å². The first kappa shape index (κ1) is 55.2. The van der Waals surface area contributed by atoms with Gasteiger partial charge < -0.3 is 91.9 Å². The van der Waals surface area contributed by atoms with E-state index in [-0.39, 0.29) is 38.0 Å². The van der Waals surface area contributed by atoms with Gasteiger partial charge in [0.05, 0.1) is 13.2 Å². The molecule has 0 spiro atoms. The van der Waals surface area contributed by atoms with E-state index in [1.807, 2.05) is 24.3 Å². The Labute approximate surface area is 423 Å².